The van der Waals surface area contributed by atoms with Crippen LogP contribution < -0.4 is 25.0 Å². The highest BCUT2D eigenvalue weighted by atomic mass is 16.5. The molecular formula is C21H27N5O2. The van der Waals surface area contributed by atoms with E-state index in [9.17, 15) is 0 Å². The summed E-state index contributed by atoms with van der Waals surface area (Å²) in [5.41, 5.74) is 2.02. The van der Waals surface area contributed by atoms with Crippen molar-refractivity contribution in [2.75, 3.05) is 43.6 Å². The SMILES string of the molecule is CN=C(NCc1ccc(N2CCCC2)nc1)Nc1ccc2c(c1)OCCCO2. The summed E-state index contributed by atoms with van der Waals surface area (Å²) in [6.07, 6.45) is 5.34. The molecule has 1 saturated heterocycles. The van der Waals surface area contributed by atoms with Gasteiger partial charge in [0.05, 0.1) is 13.2 Å². The number of guanidine groups is 1. The van der Waals surface area contributed by atoms with Gasteiger partial charge >= 0.3 is 0 Å². The maximum atomic E-state index is 5.75. The molecule has 3 heterocycles. The van der Waals surface area contributed by atoms with Crippen LogP contribution in [0.4, 0.5) is 11.5 Å². The summed E-state index contributed by atoms with van der Waals surface area (Å²) in [6, 6.07) is 10.1. The van der Waals surface area contributed by atoms with Crippen molar-refractivity contribution in [3.05, 3.63) is 42.1 Å². The Morgan fingerprint density at radius 2 is 1.89 bits per heavy atom. The average Bonchev–Trinajstić information content (AvgIpc) is 3.17. The van der Waals surface area contributed by atoms with E-state index in [0.29, 0.717) is 25.7 Å². The highest BCUT2D eigenvalue weighted by Gasteiger charge is 2.13. The third kappa shape index (κ3) is 4.47. The Bertz CT molecular complexity index is 816. The minimum absolute atomic E-state index is 0.650. The van der Waals surface area contributed by atoms with E-state index in [-0.39, 0.29) is 0 Å². The first-order valence-corrected chi connectivity index (χ1v) is 9.89. The minimum atomic E-state index is 0.650. The molecule has 2 aromatic rings. The normalized spacial score (nSPS) is 16.6. The third-order valence-electron chi connectivity index (χ3n) is 4.93. The number of aliphatic imine (C=N–C) groups is 1. The lowest BCUT2D eigenvalue weighted by Crippen LogP contribution is -2.30. The summed E-state index contributed by atoms with van der Waals surface area (Å²) in [7, 11) is 1.76. The Morgan fingerprint density at radius 1 is 1.07 bits per heavy atom. The summed E-state index contributed by atoms with van der Waals surface area (Å²) < 4.78 is 11.4. The van der Waals surface area contributed by atoms with Gasteiger partial charge in [0.2, 0.25) is 0 Å². The van der Waals surface area contributed by atoms with E-state index < -0.39 is 0 Å². The second-order valence-electron chi connectivity index (χ2n) is 6.98. The van der Waals surface area contributed by atoms with Gasteiger partial charge in [0.1, 0.15) is 5.82 Å². The van der Waals surface area contributed by atoms with Gasteiger partial charge in [-0.2, -0.15) is 0 Å². The first kappa shape index (κ1) is 18.4. The monoisotopic (exact) mass is 381 g/mol. The van der Waals surface area contributed by atoms with Gasteiger partial charge in [-0.1, -0.05) is 6.07 Å². The van der Waals surface area contributed by atoms with Crippen LogP contribution in [0.25, 0.3) is 0 Å². The number of anilines is 2. The molecule has 7 heteroatoms. The zero-order chi connectivity index (χ0) is 19.2. The number of aromatic nitrogens is 1. The van der Waals surface area contributed by atoms with Crippen molar-refractivity contribution in [1.82, 2.24) is 10.3 Å². The molecule has 1 aromatic heterocycles. The van der Waals surface area contributed by atoms with E-state index in [1.54, 1.807) is 7.05 Å². The van der Waals surface area contributed by atoms with E-state index in [2.05, 4.69) is 37.6 Å². The summed E-state index contributed by atoms with van der Waals surface area (Å²) in [5, 5.41) is 6.63. The summed E-state index contributed by atoms with van der Waals surface area (Å²) in [4.78, 5) is 11.2. The summed E-state index contributed by atoms with van der Waals surface area (Å²) in [6.45, 7) is 4.22. The molecule has 0 unspecified atom stereocenters. The first-order valence-electron chi connectivity index (χ1n) is 9.89. The van der Waals surface area contributed by atoms with Crippen LogP contribution in [0.1, 0.15) is 24.8 Å². The molecule has 148 valence electrons. The van der Waals surface area contributed by atoms with E-state index in [0.717, 1.165) is 48.1 Å². The van der Waals surface area contributed by atoms with Gasteiger partial charge in [-0.25, -0.2) is 4.98 Å². The molecule has 0 radical (unpaired) electrons. The van der Waals surface area contributed by atoms with Crippen molar-refractivity contribution >= 4 is 17.5 Å². The molecule has 28 heavy (non-hydrogen) atoms. The molecule has 0 atom stereocenters. The van der Waals surface area contributed by atoms with Crippen molar-refractivity contribution in [2.45, 2.75) is 25.8 Å². The standard InChI is InChI=1S/C21H27N5O2/c1-22-21(25-17-6-7-18-19(13-17)28-12-4-11-27-18)24-15-16-5-8-20(23-14-16)26-9-2-3-10-26/h5-8,13-14H,2-4,9-12,15H2,1H3,(H2,22,24,25). The molecule has 4 rings (SSSR count). The third-order valence-corrected chi connectivity index (χ3v) is 4.93. The summed E-state index contributed by atoms with van der Waals surface area (Å²) in [5.74, 6) is 3.31. The quantitative estimate of drug-likeness (QED) is 0.627. The highest BCUT2D eigenvalue weighted by Crippen LogP contribution is 2.32. The van der Waals surface area contributed by atoms with E-state index >= 15 is 0 Å². The van der Waals surface area contributed by atoms with Crippen molar-refractivity contribution in [3.8, 4) is 11.5 Å². The van der Waals surface area contributed by atoms with Crippen molar-refractivity contribution in [1.29, 1.82) is 0 Å². The molecule has 0 amide bonds. The molecule has 1 fully saturated rings. The molecule has 1 aromatic carbocycles. The fourth-order valence-electron chi connectivity index (χ4n) is 3.40. The van der Waals surface area contributed by atoms with Gasteiger partial charge in [0.15, 0.2) is 17.5 Å². The molecule has 2 N–H and O–H groups in total. The van der Waals surface area contributed by atoms with Crippen LogP contribution in [0.2, 0.25) is 0 Å². The molecule has 0 spiro atoms. The van der Waals surface area contributed by atoms with Gasteiger partial charge in [-0.15, -0.1) is 0 Å². The van der Waals surface area contributed by atoms with Crippen molar-refractivity contribution in [2.24, 2.45) is 4.99 Å². The number of rotatable bonds is 4. The van der Waals surface area contributed by atoms with Gasteiger partial charge < -0.3 is 25.0 Å². The van der Waals surface area contributed by atoms with Crippen LogP contribution in [0, 0.1) is 0 Å². The predicted octanol–water partition coefficient (Wildman–Crippen LogP) is 3.03. The number of nitrogens with zero attached hydrogens (tertiary/aromatic N) is 3. The lowest BCUT2D eigenvalue weighted by molar-refractivity contribution is 0.297. The van der Waals surface area contributed by atoms with Gasteiger partial charge in [-0.3, -0.25) is 4.99 Å². The number of fused-ring (bicyclic) bond motifs is 1. The Morgan fingerprint density at radius 3 is 2.64 bits per heavy atom. The zero-order valence-corrected chi connectivity index (χ0v) is 16.3. The smallest absolute Gasteiger partial charge is 0.195 e. The first-order chi connectivity index (χ1) is 13.8. The highest BCUT2D eigenvalue weighted by molar-refractivity contribution is 5.93. The van der Waals surface area contributed by atoms with Crippen LogP contribution >= 0.6 is 0 Å². The fourth-order valence-corrected chi connectivity index (χ4v) is 3.40. The number of nitrogens with one attached hydrogen (secondary N) is 2. The molecule has 0 bridgehead atoms. The number of hydrogen-bond acceptors (Lipinski definition) is 5. The van der Waals surface area contributed by atoms with Crippen LogP contribution in [-0.4, -0.2) is 44.3 Å². The number of hydrogen-bond donors (Lipinski definition) is 2. The maximum absolute atomic E-state index is 5.75. The van der Waals surface area contributed by atoms with Gasteiger partial charge in [-0.05, 0) is 36.6 Å². The molecule has 2 aliphatic rings. The predicted molar refractivity (Wildman–Crippen MR) is 112 cm³/mol. The number of benzene rings is 1. The lowest BCUT2D eigenvalue weighted by Gasteiger charge is -2.17. The molecule has 0 aliphatic carbocycles. The molecule has 7 nitrogen and oxygen atoms in total. The fraction of sp³-hybridized carbons (Fsp3) is 0.429. The molecular weight excluding hydrogens is 354 g/mol. The van der Waals surface area contributed by atoms with E-state index in [1.165, 1.54) is 12.8 Å². The topological polar surface area (TPSA) is 71.0 Å². The van der Waals surface area contributed by atoms with Crippen LogP contribution in [-0.2, 0) is 6.54 Å². The number of ether oxygens (including phenoxy) is 2. The van der Waals surface area contributed by atoms with E-state index in [4.69, 9.17) is 9.47 Å². The Labute approximate surface area is 165 Å². The van der Waals surface area contributed by atoms with Crippen LogP contribution in [0.5, 0.6) is 11.5 Å². The Kier molecular flexibility index (Phi) is 5.80. The average molecular weight is 381 g/mol. The van der Waals surface area contributed by atoms with Crippen LogP contribution in [0.15, 0.2) is 41.5 Å². The minimum Gasteiger partial charge on any atom is -0.490 e. The second-order valence-corrected chi connectivity index (χ2v) is 6.98. The zero-order valence-electron chi connectivity index (χ0n) is 16.3. The molecule has 2 aliphatic heterocycles. The van der Waals surface area contributed by atoms with Gasteiger partial charge in [0, 0.05) is 51.1 Å². The second kappa shape index (κ2) is 8.82. The summed E-state index contributed by atoms with van der Waals surface area (Å²) >= 11 is 0. The Balaban J connectivity index is 1.34. The maximum Gasteiger partial charge on any atom is 0.195 e. The van der Waals surface area contributed by atoms with Crippen molar-refractivity contribution in [3.63, 3.8) is 0 Å². The molecule has 0 saturated carbocycles. The number of pyridine rings is 1. The van der Waals surface area contributed by atoms with Crippen LogP contribution in [0.3, 0.4) is 0 Å². The lowest BCUT2D eigenvalue weighted by atomic mass is 10.2. The van der Waals surface area contributed by atoms with Gasteiger partial charge in [0.25, 0.3) is 0 Å². The Hall–Kier alpha value is -2.96. The largest absolute Gasteiger partial charge is 0.490 e. The van der Waals surface area contributed by atoms with Crippen molar-refractivity contribution < 1.29 is 9.47 Å². The van der Waals surface area contributed by atoms with E-state index in [1.807, 2.05) is 24.4 Å².